The first kappa shape index (κ1) is 23.9. The Kier molecular flexibility index (Phi) is 8.26. The molecule has 0 saturated carbocycles. The highest BCUT2D eigenvalue weighted by molar-refractivity contribution is 5.68. The summed E-state index contributed by atoms with van der Waals surface area (Å²) >= 11 is 0. The first-order valence-corrected chi connectivity index (χ1v) is 12.4. The molecule has 0 aliphatic carbocycles. The first-order chi connectivity index (χ1) is 16.7. The van der Waals surface area contributed by atoms with E-state index in [4.69, 9.17) is 4.98 Å². The van der Waals surface area contributed by atoms with Crippen molar-refractivity contribution < 1.29 is 4.39 Å². The standard InChI is InChI=1S/C30H34FN3/c1-3-5-21-34-28(23-33(20-4-2)22-24-16-18-27(31)19-17-24)29(25-12-8-6-9-13-25)32-30(34)26-14-10-7-11-15-26/h6-19H,3-5,20-23H2,1-2H3. The van der Waals surface area contributed by atoms with Gasteiger partial charge >= 0.3 is 0 Å². The Morgan fingerprint density at radius 1 is 0.765 bits per heavy atom. The van der Waals surface area contributed by atoms with E-state index in [-0.39, 0.29) is 5.82 Å². The minimum absolute atomic E-state index is 0.192. The minimum Gasteiger partial charge on any atom is -0.326 e. The van der Waals surface area contributed by atoms with E-state index >= 15 is 0 Å². The molecule has 4 rings (SSSR count). The predicted octanol–water partition coefficient (Wildman–Crippen LogP) is 7.57. The third kappa shape index (κ3) is 5.81. The fourth-order valence-corrected chi connectivity index (χ4v) is 4.43. The molecule has 0 spiro atoms. The van der Waals surface area contributed by atoms with E-state index in [1.165, 1.54) is 5.69 Å². The Morgan fingerprint density at radius 2 is 1.41 bits per heavy atom. The molecule has 176 valence electrons. The zero-order chi connectivity index (χ0) is 23.8. The van der Waals surface area contributed by atoms with Gasteiger partial charge in [0.25, 0.3) is 0 Å². The van der Waals surface area contributed by atoms with Crippen LogP contribution in [-0.2, 0) is 19.6 Å². The van der Waals surface area contributed by atoms with Gasteiger partial charge < -0.3 is 4.57 Å². The molecule has 1 heterocycles. The monoisotopic (exact) mass is 455 g/mol. The van der Waals surface area contributed by atoms with Crippen molar-refractivity contribution in [1.29, 1.82) is 0 Å². The maximum absolute atomic E-state index is 13.5. The van der Waals surface area contributed by atoms with Gasteiger partial charge in [-0.1, -0.05) is 93.1 Å². The van der Waals surface area contributed by atoms with Gasteiger partial charge in [-0.3, -0.25) is 4.90 Å². The molecule has 0 N–H and O–H groups in total. The maximum atomic E-state index is 13.5. The Bertz CT molecular complexity index is 1150. The highest BCUT2D eigenvalue weighted by Crippen LogP contribution is 2.31. The van der Waals surface area contributed by atoms with Gasteiger partial charge in [-0.25, -0.2) is 9.37 Å². The summed E-state index contributed by atoms with van der Waals surface area (Å²) in [5, 5.41) is 0. The fourth-order valence-electron chi connectivity index (χ4n) is 4.43. The summed E-state index contributed by atoms with van der Waals surface area (Å²) in [5.41, 5.74) is 5.70. The van der Waals surface area contributed by atoms with E-state index < -0.39 is 0 Å². The van der Waals surface area contributed by atoms with E-state index in [0.717, 1.165) is 73.7 Å². The summed E-state index contributed by atoms with van der Waals surface area (Å²) in [6.07, 6.45) is 3.28. The summed E-state index contributed by atoms with van der Waals surface area (Å²) in [7, 11) is 0. The van der Waals surface area contributed by atoms with Crippen molar-refractivity contribution in [2.45, 2.75) is 52.7 Å². The highest BCUT2D eigenvalue weighted by atomic mass is 19.1. The van der Waals surface area contributed by atoms with Crippen molar-refractivity contribution in [1.82, 2.24) is 14.5 Å². The summed E-state index contributed by atoms with van der Waals surface area (Å²) in [4.78, 5) is 7.67. The summed E-state index contributed by atoms with van der Waals surface area (Å²) < 4.78 is 15.9. The average Bonchev–Trinajstić information content (AvgIpc) is 3.23. The number of benzene rings is 3. The smallest absolute Gasteiger partial charge is 0.140 e. The van der Waals surface area contributed by atoms with Gasteiger partial charge in [0.1, 0.15) is 11.6 Å². The lowest BCUT2D eigenvalue weighted by Gasteiger charge is -2.24. The van der Waals surface area contributed by atoms with Crippen molar-refractivity contribution in [2.24, 2.45) is 0 Å². The molecular weight excluding hydrogens is 421 g/mol. The summed E-state index contributed by atoms with van der Waals surface area (Å²) in [6.45, 7) is 7.91. The van der Waals surface area contributed by atoms with E-state index in [1.807, 2.05) is 24.3 Å². The molecule has 0 bridgehead atoms. The van der Waals surface area contributed by atoms with Crippen LogP contribution in [0.4, 0.5) is 4.39 Å². The molecule has 0 unspecified atom stereocenters. The lowest BCUT2D eigenvalue weighted by molar-refractivity contribution is 0.250. The minimum atomic E-state index is -0.192. The van der Waals surface area contributed by atoms with Gasteiger partial charge in [-0.15, -0.1) is 0 Å². The third-order valence-electron chi connectivity index (χ3n) is 6.12. The van der Waals surface area contributed by atoms with Gasteiger partial charge in [0, 0.05) is 30.8 Å². The van der Waals surface area contributed by atoms with Crippen molar-refractivity contribution in [3.05, 3.63) is 102 Å². The fraction of sp³-hybridized carbons (Fsp3) is 0.300. The van der Waals surface area contributed by atoms with Gasteiger partial charge in [0.2, 0.25) is 0 Å². The van der Waals surface area contributed by atoms with Gasteiger partial charge in [-0.05, 0) is 37.1 Å². The van der Waals surface area contributed by atoms with Crippen LogP contribution in [0.2, 0.25) is 0 Å². The highest BCUT2D eigenvalue weighted by Gasteiger charge is 2.21. The second-order valence-corrected chi connectivity index (χ2v) is 8.81. The number of hydrogen-bond acceptors (Lipinski definition) is 2. The quantitative estimate of drug-likeness (QED) is 0.233. The van der Waals surface area contributed by atoms with Gasteiger partial charge in [0.15, 0.2) is 0 Å². The Hall–Kier alpha value is -3.24. The molecule has 3 nitrogen and oxygen atoms in total. The molecule has 4 heteroatoms. The van der Waals surface area contributed by atoms with Crippen LogP contribution in [0, 0.1) is 5.82 Å². The van der Waals surface area contributed by atoms with E-state index in [1.54, 1.807) is 12.1 Å². The summed E-state index contributed by atoms with van der Waals surface area (Å²) in [6, 6.07) is 27.9. The van der Waals surface area contributed by atoms with Crippen molar-refractivity contribution in [2.75, 3.05) is 6.54 Å². The van der Waals surface area contributed by atoms with Crippen LogP contribution < -0.4 is 0 Å². The summed E-state index contributed by atoms with van der Waals surface area (Å²) in [5.74, 6) is 0.837. The second-order valence-electron chi connectivity index (χ2n) is 8.81. The number of unbranched alkanes of at least 4 members (excludes halogenated alkanes) is 1. The second kappa shape index (κ2) is 11.8. The third-order valence-corrected chi connectivity index (χ3v) is 6.12. The van der Waals surface area contributed by atoms with Gasteiger partial charge in [-0.2, -0.15) is 0 Å². The Labute approximate surface area is 202 Å². The van der Waals surface area contributed by atoms with Crippen molar-refractivity contribution in [3.8, 4) is 22.6 Å². The molecule has 34 heavy (non-hydrogen) atoms. The van der Waals surface area contributed by atoms with Gasteiger partial charge in [0.05, 0.1) is 11.4 Å². The SMILES string of the molecule is CCCCn1c(-c2ccccc2)nc(-c2ccccc2)c1CN(CCC)Cc1ccc(F)cc1. The lowest BCUT2D eigenvalue weighted by Crippen LogP contribution is -2.25. The molecule has 0 amide bonds. The lowest BCUT2D eigenvalue weighted by atomic mass is 10.1. The Balaban J connectivity index is 1.78. The van der Waals surface area contributed by atoms with Crippen LogP contribution in [0.5, 0.6) is 0 Å². The molecule has 4 aromatic rings. The van der Waals surface area contributed by atoms with Crippen LogP contribution in [-0.4, -0.2) is 21.0 Å². The Morgan fingerprint density at radius 3 is 2.03 bits per heavy atom. The number of aromatic nitrogens is 2. The molecule has 3 aromatic carbocycles. The van der Waals surface area contributed by atoms with Crippen LogP contribution in [0.15, 0.2) is 84.9 Å². The van der Waals surface area contributed by atoms with Crippen LogP contribution in [0.1, 0.15) is 44.4 Å². The number of hydrogen-bond donors (Lipinski definition) is 0. The van der Waals surface area contributed by atoms with E-state index in [0.29, 0.717) is 0 Å². The zero-order valence-electron chi connectivity index (χ0n) is 20.3. The molecule has 0 fully saturated rings. The van der Waals surface area contributed by atoms with Crippen molar-refractivity contribution >= 4 is 0 Å². The molecule has 1 aromatic heterocycles. The normalized spacial score (nSPS) is 11.3. The number of imidazole rings is 1. The molecule has 0 aliphatic rings. The molecule has 0 radical (unpaired) electrons. The molecular formula is C30H34FN3. The zero-order valence-corrected chi connectivity index (χ0v) is 20.3. The first-order valence-electron chi connectivity index (χ1n) is 12.4. The van der Waals surface area contributed by atoms with E-state index in [2.05, 4.69) is 71.8 Å². The molecule has 0 aliphatic heterocycles. The topological polar surface area (TPSA) is 21.1 Å². The number of halogens is 1. The largest absolute Gasteiger partial charge is 0.326 e. The van der Waals surface area contributed by atoms with Crippen LogP contribution in [0.25, 0.3) is 22.6 Å². The maximum Gasteiger partial charge on any atom is 0.140 e. The predicted molar refractivity (Wildman–Crippen MR) is 139 cm³/mol. The molecule has 0 saturated heterocycles. The number of nitrogens with zero attached hydrogens (tertiary/aromatic N) is 3. The average molecular weight is 456 g/mol. The van der Waals surface area contributed by atoms with E-state index in [9.17, 15) is 4.39 Å². The molecule has 0 atom stereocenters. The van der Waals surface area contributed by atoms with Crippen LogP contribution >= 0.6 is 0 Å². The number of rotatable bonds is 11. The van der Waals surface area contributed by atoms with Crippen LogP contribution in [0.3, 0.4) is 0 Å². The van der Waals surface area contributed by atoms with Crippen molar-refractivity contribution in [3.63, 3.8) is 0 Å².